The number of ether oxygens (including phenoxy) is 1. The van der Waals surface area contributed by atoms with Crippen molar-refractivity contribution in [2.45, 2.75) is 71.4 Å². The number of rotatable bonds is 11. The predicted molar refractivity (Wildman–Crippen MR) is 73.9 cm³/mol. The molecule has 0 saturated carbocycles. The molecule has 18 heavy (non-hydrogen) atoms. The van der Waals surface area contributed by atoms with Crippen LogP contribution in [0.5, 0.6) is 0 Å². The van der Waals surface area contributed by atoms with Gasteiger partial charge in [0.1, 0.15) is 5.54 Å². The molecule has 4 heteroatoms. The second-order valence-electron chi connectivity index (χ2n) is 5.11. The maximum Gasteiger partial charge on any atom is 0.323 e. The van der Waals surface area contributed by atoms with E-state index in [-0.39, 0.29) is 6.04 Å². The molecule has 0 amide bonds. The first-order valence-electron chi connectivity index (χ1n) is 7.07. The lowest BCUT2D eigenvalue weighted by atomic mass is 9.89. The third kappa shape index (κ3) is 6.36. The van der Waals surface area contributed by atoms with Gasteiger partial charge in [0.25, 0.3) is 0 Å². The molecule has 0 rings (SSSR count). The summed E-state index contributed by atoms with van der Waals surface area (Å²) in [6.45, 7) is 9.43. The van der Waals surface area contributed by atoms with Crippen LogP contribution in [0.2, 0.25) is 0 Å². The van der Waals surface area contributed by atoms with Crippen molar-refractivity contribution >= 4 is 5.97 Å². The lowest BCUT2D eigenvalue weighted by molar-refractivity contribution is -0.146. The summed E-state index contributed by atoms with van der Waals surface area (Å²) in [6.07, 6.45) is 4.19. The number of nitrogens with one attached hydrogen (secondary N) is 1. The van der Waals surface area contributed by atoms with E-state index in [1.54, 1.807) is 0 Å². The van der Waals surface area contributed by atoms with Crippen molar-refractivity contribution in [3.05, 3.63) is 0 Å². The van der Waals surface area contributed by atoms with Crippen molar-refractivity contribution in [2.75, 3.05) is 13.2 Å². The van der Waals surface area contributed by atoms with Gasteiger partial charge in [-0.25, -0.2) is 0 Å². The molecule has 0 saturated heterocycles. The van der Waals surface area contributed by atoms with Crippen LogP contribution in [0.3, 0.4) is 0 Å². The van der Waals surface area contributed by atoms with Gasteiger partial charge < -0.3 is 9.84 Å². The quantitative estimate of drug-likeness (QED) is 0.560. The topological polar surface area (TPSA) is 58.6 Å². The zero-order chi connectivity index (χ0) is 14.0. The van der Waals surface area contributed by atoms with Gasteiger partial charge in [-0.2, -0.15) is 0 Å². The molecule has 0 aliphatic heterocycles. The molecule has 0 fully saturated rings. The molecule has 2 N–H and O–H groups in total. The SMILES string of the molecule is CCCCOCCCC(CC)(NC(C)C)C(=O)O. The summed E-state index contributed by atoms with van der Waals surface area (Å²) in [6, 6.07) is 0.169. The van der Waals surface area contributed by atoms with E-state index in [0.717, 1.165) is 25.9 Å². The average molecular weight is 259 g/mol. The van der Waals surface area contributed by atoms with Gasteiger partial charge in [-0.3, -0.25) is 10.1 Å². The lowest BCUT2D eigenvalue weighted by Gasteiger charge is -2.31. The number of aliphatic carboxylic acids is 1. The van der Waals surface area contributed by atoms with Crippen LogP contribution in [0.25, 0.3) is 0 Å². The zero-order valence-corrected chi connectivity index (χ0v) is 12.3. The molecule has 0 radical (unpaired) electrons. The van der Waals surface area contributed by atoms with E-state index < -0.39 is 11.5 Å². The Morgan fingerprint density at radius 3 is 2.33 bits per heavy atom. The molecule has 0 aliphatic rings. The largest absolute Gasteiger partial charge is 0.480 e. The van der Waals surface area contributed by atoms with E-state index in [1.807, 2.05) is 20.8 Å². The fraction of sp³-hybridized carbons (Fsp3) is 0.929. The van der Waals surface area contributed by atoms with Crippen LogP contribution in [0, 0.1) is 0 Å². The normalized spacial score (nSPS) is 14.7. The van der Waals surface area contributed by atoms with Crippen molar-refractivity contribution in [1.29, 1.82) is 0 Å². The maximum absolute atomic E-state index is 11.5. The minimum Gasteiger partial charge on any atom is -0.480 e. The molecule has 0 aromatic carbocycles. The molecule has 4 nitrogen and oxygen atoms in total. The van der Waals surface area contributed by atoms with Crippen molar-refractivity contribution in [2.24, 2.45) is 0 Å². The first kappa shape index (κ1) is 17.4. The Kier molecular flexibility index (Phi) is 9.02. The molecule has 108 valence electrons. The summed E-state index contributed by atoms with van der Waals surface area (Å²) in [5.41, 5.74) is -0.803. The van der Waals surface area contributed by atoms with Crippen molar-refractivity contribution in [3.63, 3.8) is 0 Å². The van der Waals surface area contributed by atoms with E-state index in [2.05, 4.69) is 12.2 Å². The van der Waals surface area contributed by atoms with Crippen LogP contribution in [-0.4, -0.2) is 35.9 Å². The maximum atomic E-state index is 11.5. The number of hydrogen-bond acceptors (Lipinski definition) is 3. The van der Waals surface area contributed by atoms with E-state index in [9.17, 15) is 9.90 Å². The molecule has 1 unspecified atom stereocenters. The number of carbonyl (C=O) groups is 1. The molecular weight excluding hydrogens is 230 g/mol. The standard InChI is InChI=1S/C14H29NO3/c1-5-7-10-18-11-8-9-14(6-2,13(16)17)15-12(3)4/h12,15H,5-11H2,1-4H3,(H,16,17). The summed E-state index contributed by atoms with van der Waals surface area (Å²) < 4.78 is 5.48. The Bertz CT molecular complexity index is 231. The molecular formula is C14H29NO3. The summed E-state index contributed by atoms with van der Waals surface area (Å²) in [4.78, 5) is 11.5. The van der Waals surface area contributed by atoms with Gasteiger partial charge in [-0.15, -0.1) is 0 Å². The van der Waals surface area contributed by atoms with Crippen LogP contribution >= 0.6 is 0 Å². The fourth-order valence-electron chi connectivity index (χ4n) is 2.05. The van der Waals surface area contributed by atoms with Gasteiger partial charge in [0.05, 0.1) is 0 Å². The first-order chi connectivity index (χ1) is 8.48. The Balaban J connectivity index is 4.12. The van der Waals surface area contributed by atoms with Gasteiger partial charge in [0.2, 0.25) is 0 Å². The average Bonchev–Trinajstić information content (AvgIpc) is 2.31. The molecule has 0 aromatic rings. The van der Waals surface area contributed by atoms with Gasteiger partial charge >= 0.3 is 5.97 Å². The molecule has 0 bridgehead atoms. The molecule has 0 aliphatic carbocycles. The highest BCUT2D eigenvalue weighted by molar-refractivity contribution is 5.78. The Morgan fingerprint density at radius 2 is 1.89 bits per heavy atom. The smallest absolute Gasteiger partial charge is 0.323 e. The summed E-state index contributed by atoms with van der Waals surface area (Å²) >= 11 is 0. The number of hydrogen-bond donors (Lipinski definition) is 2. The summed E-state index contributed by atoms with van der Waals surface area (Å²) in [5, 5.41) is 12.6. The molecule has 0 aromatic heterocycles. The van der Waals surface area contributed by atoms with E-state index >= 15 is 0 Å². The Morgan fingerprint density at radius 1 is 1.28 bits per heavy atom. The summed E-state index contributed by atoms with van der Waals surface area (Å²) in [7, 11) is 0. The van der Waals surface area contributed by atoms with Crippen LogP contribution in [0.15, 0.2) is 0 Å². The predicted octanol–water partition coefficient (Wildman–Crippen LogP) is 2.81. The van der Waals surface area contributed by atoms with E-state index in [0.29, 0.717) is 19.4 Å². The second-order valence-corrected chi connectivity index (χ2v) is 5.11. The minimum absolute atomic E-state index is 0.169. The monoisotopic (exact) mass is 259 g/mol. The Labute approximate surface area is 111 Å². The zero-order valence-electron chi connectivity index (χ0n) is 12.3. The highest BCUT2D eigenvalue weighted by Crippen LogP contribution is 2.19. The van der Waals surface area contributed by atoms with Gasteiger partial charge in [0.15, 0.2) is 0 Å². The van der Waals surface area contributed by atoms with E-state index in [4.69, 9.17) is 4.74 Å². The van der Waals surface area contributed by atoms with Crippen LogP contribution in [-0.2, 0) is 9.53 Å². The lowest BCUT2D eigenvalue weighted by Crippen LogP contribution is -2.54. The Hall–Kier alpha value is -0.610. The van der Waals surface area contributed by atoms with Crippen molar-refractivity contribution < 1.29 is 14.6 Å². The van der Waals surface area contributed by atoms with Crippen molar-refractivity contribution in [1.82, 2.24) is 5.32 Å². The number of carboxylic acid groups (broad SMARTS) is 1. The second kappa shape index (κ2) is 9.34. The van der Waals surface area contributed by atoms with Crippen LogP contribution in [0.1, 0.15) is 59.8 Å². The fourth-order valence-corrected chi connectivity index (χ4v) is 2.05. The number of carboxylic acids is 1. The first-order valence-corrected chi connectivity index (χ1v) is 7.07. The third-order valence-electron chi connectivity index (χ3n) is 3.11. The van der Waals surface area contributed by atoms with Crippen LogP contribution < -0.4 is 5.32 Å². The van der Waals surface area contributed by atoms with Crippen LogP contribution in [0.4, 0.5) is 0 Å². The minimum atomic E-state index is -0.803. The molecule has 0 heterocycles. The number of unbranched alkanes of at least 4 members (excludes halogenated alkanes) is 1. The summed E-state index contributed by atoms with van der Waals surface area (Å²) in [5.74, 6) is -0.757. The molecule has 0 spiro atoms. The van der Waals surface area contributed by atoms with Gasteiger partial charge in [-0.05, 0) is 39.5 Å². The van der Waals surface area contributed by atoms with E-state index in [1.165, 1.54) is 0 Å². The van der Waals surface area contributed by atoms with Gasteiger partial charge in [0, 0.05) is 19.3 Å². The van der Waals surface area contributed by atoms with Crippen molar-refractivity contribution in [3.8, 4) is 0 Å². The highest BCUT2D eigenvalue weighted by Gasteiger charge is 2.36. The highest BCUT2D eigenvalue weighted by atomic mass is 16.5. The molecule has 1 atom stereocenters. The third-order valence-corrected chi connectivity index (χ3v) is 3.11. The van der Waals surface area contributed by atoms with Gasteiger partial charge in [-0.1, -0.05) is 20.3 Å².